The Labute approximate surface area is 83.1 Å². The molecule has 1 heterocycles. The number of carbonyl (C=O) groups excluding carboxylic acids is 1. The van der Waals surface area contributed by atoms with Gasteiger partial charge in [-0.3, -0.25) is 4.79 Å². The first kappa shape index (κ1) is 10.3. The second-order valence-electron chi connectivity index (χ2n) is 2.62. The number of rotatable bonds is 3. The van der Waals surface area contributed by atoms with Crippen LogP contribution in [0, 0.1) is 11.8 Å². The molecule has 0 spiro atoms. The number of hydrogen-bond acceptors (Lipinski definition) is 3. The monoisotopic (exact) mass is 189 g/mol. The first-order chi connectivity index (χ1) is 6.77. The van der Waals surface area contributed by atoms with Gasteiger partial charge in [0.05, 0.1) is 13.5 Å². The molecular weight excluding hydrogens is 178 g/mol. The summed E-state index contributed by atoms with van der Waals surface area (Å²) in [7, 11) is 1.53. The summed E-state index contributed by atoms with van der Waals surface area (Å²) in [5.74, 6) is 5.88. The Kier molecular flexibility index (Phi) is 3.69. The van der Waals surface area contributed by atoms with Crippen molar-refractivity contribution in [2.45, 2.75) is 13.3 Å². The van der Waals surface area contributed by atoms with E-state index in [0.717, 1.165) is 0 Å². The van der Waals surface area contributed by atoms with Gasteiger partial charge in [0.2, 0.25) is 5.88 Å². The van der Waals surface area contributed by atoms with E-state index in [1.54, 1.807) is 19.1 Å². The molecule has 0 bridgehead atoms. The summed E-state index contributed by atoms with van der Waals surface area (Å²) in [4.78, 5) is 15.4. The topological polar surface area (TPSA) is 39.2 Å². The number of hydrogen-bond donors (Lipinski definition) is 0. The molecule has 0 radical (unpaired) electrons. The van der Waals surface area contributed by atoms with E-state index in [4.69, 9.17) is 4.74 Å². The Hall–Kier alpha value is -1.82. The number of ketones is 1. The summed E-state index contributed by atoms with van der Waals surface area (Å²) >= 11 is 0. The number of Topliss-reactive ketones (excluding diaryl/α,β-unsaturated/α-hetero) is 1. The molecule has 0 saturated heterocycles. The minimum absolute atomic E-state index is 0.0190. The average Bonchev–Trinajstić information content (AvgIpc) is 2.26. The predicted octanol–water partition coefficient (Wildman–Crippen LogP) is 1.69. The molecule has 0 aromatic carbocycles. The lowest BCUT2D eigenvalue weighted by atomic mass is 10.1. The van der Waals surface area contributed by atoms with Crippen molar-refractivity contribution in [1.82, 2.24) is 4.98 Å². The van der Waals surface area contributed by atoms with Crippen LogP contribution in [0.3, 0.4) is 0 Å². The number of aromatic nitrogens is 1. The van der Waals surface area contributed by atoms with Crippen LogP contribution >= 0.6 is 0 Å². The molecule has 14 heavy (non-hydrogen) atoms. The van der Waals surface area contributed by atoms with Crippen LogP contribution in [0.2, 0.25) is 0 Å². The third kappa shape index (κ3) is 2.60. The fraction of sp³-hybridized carbons (Fsp3) is 0.273. The molecule has 0 aliphatic heterocycles. The Morgan fingerprint density at radius 1 is 1.57 bits per heavy atom. The van der Waals surface area contributed by atoms with Crippen LogP contribution in [-0.2, 0) is 0 Å². The van der Waals surface area contributed by atoms with E-state index in [1.165, 1.54) is 13.3 Å². The van der Waals surface area contributed by atoms with Crippen LogP contribution in [0.25, 0.3) is 0 Å². The van der Waals surface area contributed by atoms with Crippen molar-refractivity contribution < 1.29 is 9.53 Å². The molecule has 0 N–H and O–H groups in total. The first-order valence-corrected chi connectivity index (χ1v) is 4.20. The second-order valence-corrected chi connectivity index (χ2v) is 2.62. The third-order valence-electron chi connectivity index (χ3n) is 1.69. The maximum atomic E-state index is 11.4. The van der Waals surface area contributed by atoms with Crippen LogP contribution in [0.5, 0.6) is 5.88 Å². The van der Waals surface area contributed by atoms with Gasteiger partial charge in [0.25, 0.3) is 0 Å². The standard InChI is InChI=1S/C11H11NO2/c1-3-4-5-10(13)9-6-7-11(14-2)12-8-9/h6-8H,5H2,1-2H3. The number of ether oxygens (including phenoxy) is 1. The van der Waals surface area contributed by atoms with Gasteiger partial charge in [-0.15, -0.1) is 5.92 Å². The van der Waals surface area contributed by atoms with Crippen LogP contribution in [0.15, 0.2) is 18.3 Å². The maximum Gasteiger partial charge on any atom is 0.212 e. The van der Waals surface area contributed by atoms with Crippen molar-refractivity contribution in [2.24, 2.45) is 0 Å². The molecule has 1 rings (SSSR count). The molecule has 0 saturated carbocycles. The average molecular weight is 189 g/mol. The van der Waals surface area contributed by atoms with E-state index in [9.17, 15) is 4.79 Å². The Bertz CT molecular complexity index is 371. The van der Waals surface area contributed by atoms with E-state index >= 15 is 0 Å². The van der Waals surface area contributed by atoms with Crippen molar-refractivity contribution in [3.05, 3.63) is 23.9 Å². The molecule has 0 fully saturated rings. The number of methoxy groups -OCH3 is 1. The van der Waals surface area contributed by atoms with Gasteiger partial charge in [0, 0.05) is 17.8 Å². The van der Waals surface area contributed by atoms with Crippen LogP contribution < -0.4 is 4.74 Å². The van der Waals surface area contributed by atoms with Gasteiger partial charge in [-0.05, 0) is 13.0 Å². The lowest BCUT2D eigenvalue weighted by Crippen LogP contribution is -1.98. The molecular formula is C11H11NO2. The molecule has 3 heteroatoms. The SMILES string of the molecule is CC#CCC(=O)c1ccc(OC)nc1. The Balaban J connectivity index is 2.74. The summed E-state index contributed by atoms with van der Waals surface area (Å²) in [6, 6.07) is 3.35. The van der Waals surface area contributed by atoms with Gasteiger partial charge < -0.3 is 4.74 Å². The molecule has 3 nitrogen and oxygen atoms in total. The molecule has 0 unspecified atom stereocenters. The fourth-order valence-electron chi connectivity index (χ4n) is 0.937. The Morgan fingerprint density at radius 2 is 2.36 bits per heavy atom. The van der Waals surface area contributed by atoms with Gasteiger partial charge in [-0.1, -0.05) is 5.92 Å². The third-order valence-corrected chi connectivity index (χ3v) is 1.69. The summed E-state index contributed by atoms with van der Waals surface area (Å²) in [5, 5.41) is 0. The van der Waals surface area contributed by atoms with Gasteiger partial charge >= 0.3 is 0 Å². The lowest BCUT2D eigenvalue weighted by molar-refractivity contribution is 0.0997. The molecule has 72 valence electrons. The van der Waals surface area contributed by atoms with E-state index < -0.39 is 0 Å². The highest BCUT2D eigenvalue weighted by Gasteiger charge is 2.04. The van der Waals surface area contributed by atoms with E-state index in [1.807, 2.05) is 0 Å². The van der Waals surface area contributed by atoms with Gasteiger partial charge in [-0.2, -0.15) is 0 Å². The van der Waals surface area contributed by atoms with Crippen molar-refractivity contribution in [1.29, 1.82) is 0 Å². The Morgan fingerprint density at radius 3 is 2.86 bits per heavy atom. The molecule has 0 atom stereocenters. The van der Waals surface area contributed by atoms with Crippen molar-refractivity contribution in [3.63, 3.8) is 0 Å². The zero-order valence-electron chi connectivity index (χ0n) is 8.20. The predicted molar refractivity (Wildman–Crippen MR) is 53.2 cm³/mol. The van der Waals surface area contributed by atoms with Crippen molar-refractivity contribution in [3.8, 4) is 17.7 Å². The van der Waals surface area contributed by atoms with E-state index in [0.29, 0.717) is 11.4 Å². The van der Waals surface area contributed by atoms with Gasteiger partial charge in [0.15, 0.2) is 5.78 Å². The number of pyridine rings is 1. The minimum Gasteiger partial charge on any atom is -0.481 e. The molecule has 1 aromatic heterocycles. The fourth-order valence-corrected chi connectivity index (χ4v) is 0.937. The van der Waals surface area contributed by atoms with Crippen molar-refractivity contribution >= 4 is 5.78 Å². The van der Waals surface area contributed by atoms with Gasteiger partial charge in [-0.25, -0.2) is 4.98 Å². The first-order valence-electron chi connectivity index (χ1n) is 4.20. The zero-order valence-corrected chi connectivity index (χ0v) is 8.20. The van der Waals surface area contributed by atoms with Crippen LogP contribution in [0.1, 0.15) is 23.7 Å². The molecule has 0 amide bonds. The summed E-state index contributed by atoms with van der Waals surface area (Å²) in [6.07, 6.45) is 1.74. The largest absolute Gasteiger partial charge is 0.481 e. The number of carbonyl (C=O) groups is 1. The summed E-state index contributed by atoms with van der Waals surface area (Å²) < 4.78 is 4.88. The number of nitrogens with zero attached hydrogens (tertiary/aromatic N) is 1. The summed E-state index contributed by atoms with van der Waals surface area (Å²) in [6.45, 7) is 1.71. The highest BCUT2D eigenvalue weighted by molar-refractivity contribution is 5.97. The quantitative estimate of drug-likeness (QED) is 0.536. The minimum atomic E-state index is -0.0190. The lowest BCUT2D eigenvalue weighted by Gasteiger charge is -1.99. The molecule has 0 aliphatic carbocycles. The highest BCUT2D eigenvalue weighted by atomic mass is 16.5. The van der Waals surface area contributed by atoms with Crippen LogP contribution in [-0.4, -0.2) is 17.9 Å². The van der Waals surface area contributed by atoms with E-state index in [2.05, 4.69) is 16.8 Å². The highest BCUT2D eigenvalue weighted by Crippen LogP contribution is 2.08. The second kappa shape index (κ2) is 5.03. The normalized spacial score (nSPS) is 8.71. The smallest absolute Gasteiger partial charge is 0.212 e. The molecule has 0 aliphatic rings. The van der Waals surface area contributed by atoms with Gasteiger partial charge in [0.1, 0.15) is 0 Å². The maximum absolute atomic E-state index is 11.4. The van der Waals surface area contributed by atoms with E-state index in [-0.39, 0.29) is 12.2 Å². The zero-order chi connectivity index (χ0) is 10.4. The molecule has 1 aromatic rings. The van der Waals surface area contributed by atoms with Crippen molar-refractivity contribution in [2.75, 3.05) is 7.11 Å². The summed E-state index contributed by atoms with van der Waals surface area (Å²) in [5.41, 5.74) is 0.563. The van der Waals surface area contributed by atoms with Crippen LogP contribution in [0.4, 0.5) is 0 Å².